The van der Waals surface area contributed by atoms with Gasteiger partial charge < -0.3 is 4.57 Å². The number of hydrogen-bond donors (Lipinski definition) is 0. The highest BCUT2D eigenvalue weighted by atomic mass is 19.1. The van der Waals surface area contributed by atoms with Crippen molar-refractivity contribution in [3.8, 4) is 0 Å². The van der Waals surface area contributed by atoms with E-state index in [9.17, 15) is 9.18 Å². The Balaban J connectivity index is 2.17. The van der Waals surface area contributed by atoms with E-state index in [0.29, 0.717) is 11.3 Å². The van der Waals surface area contributed by atoms with Gasteiger partial charge in [-0.05, 0) is 6.92 Å². The fourth-order valence-corrected chi connectivity index (χ4v) is 1.45. The van der Waals surface area contributed by atoms with Crippen LogP contribution < -0.4 is 0 Å². The van der Waals surface area contributed by atoms with Crippen LogP contribution in [-0.4, -0.2) is 15.3 Å². The minimum Gasteiger partial charge on any atom is -0.324 e. The van der Waals surface area contributed by atoms with Crippen molar-refractivity contribution in [3.63, 3.8) is 0 Å². The molecule has 0 radical (unpaired) electrons. The first-order chi connectivity index (χ1) is 7.68. The van der Waals surface area contributed by atoms with Crippen molar-refractivity contribution in [2.75, 3.05) is 0 Å². The summed E-state index contributed by atoms with van der Waals surface area (Å²) >= 11 is 0. The molecule has 3 nitrogen and oxygen atoms in total. The molecule has 16 heavy (non-hydrogen) atoms. The van der Waals surface area contributed by atoms with Crippen LogP contribution in [0.5, 0.6) is 0 Å². The van der Waals surface area contributed by atoms with E-state index in [4.69, 9.17) is 0 Å². The van der Waals surface area contributed by atoms with Crippen molar-refractivity contribution < 1.29 is 9.18 Å². The van der Waals surface area contributed by atoms with Gasteiger partial charge in [0.15, 0.2) is 5.78 Å². The summed E-state index contributed by atoms with van der Waals surface area (Å²) in [6, 6.07) is 8.93. The Bertz CT molecular complexity index is 505. The molecule has 1 heterocycles. The van der Waals surface area contributed by atoms with Crippen LogP contribution in [0.1, 0.15) is 16.1 Å². The SMILES string of the molecule is Cc1c(F)ncn1CC(=O)c1ccccc1. The second kappa shape index (κ2) is 4.26. The Hall–Kier alpha value is -1.97. The molecule has 0 bridgehead atoms. The summed E-state index contributed by atoms with van der Waals surface area (Å²) in [6.07, 6.45) is 1.34. The minimum absolute atomic E-state index is 0.0545. The van der Waals surface area contributed by atoms with Gasteiger partial charge >= 0.3 is 0 Å². The van der Waals surface area contributed by atoms with Gasteiger partial charge in [0.25, 0.3) is 0 Å². The number of hydrogen-bond acceptors (Lipinski definition) is 2. The number of aromatic nitrogens is 2. The van der Waals surface area contributed by atoms with Gasteiger partial charge in [0.05, 0.1) is 18.6 Å². The Morgan fingerprint density at radius 3 is 2.62 bits per heavy atom. The lowest BCUT2D eigenvalue weighted by atomic mass is 10.1. The first-order valence-electron chi connectivity index (χ1n) is 4.94. The lowest BCUT2D eigenvalue weighted by molar-refractivity contribution is 0.0971. The number of carbonyl (C=O) groups is 1. The van der Waals surface area contributed by atoms with Crippen LogP contribution in [0.2, 0.25) is 0 Å². The summed E-state index contributed by atoms with van der Waals surface area (Å²) in [5.41, 5.74) is 1.00. The zero-order valence-corrected chi connectivity index (χ0v) is 8.85. The summed E-state index contributed by atoms with van der Waals surface area (Å²) < 4.78 is 14.5. The second-order valence-electron chi connectivity index (χ2n) is 3.54. The average Bonchev–Trinajstić information content (AvgIpc) is 2.62. The van der Waals surface area contributed by atoms with Gasteiger partial charge in [-0.3, -0.25) is 4.79 Å². The highest BCUT2D eigenvalue weighted by molar-refractivity contribution is 5.95. The van der Waals surface area contributed by atoms with E-state index in [1.54, 1.807) is 31.2 Å². The lowest BCUT2D eigenvalue weighted by Crippen LogP contribution is -2.10. The third-order valence-corrected chi connectivity index (χ3v) is 2.45. The second-order valence-corrected chi connectivity index (χ2v) is 3.54. The largest absolute Gasteiger partial charge is 0.324 e. The maximum atomic E-state index is 12.9. The number of carbonyl (C=O) groups excluding carboxylic acids is 1. The third-order valence-electron chi connectivity index (χ3n) is 2.45. The lowest BCUT2D eigenvalue weighted by Gasteiger charge is -2.03. The summed E-state index contributed by atoms with van der Waals surface area (Å²) in [5.74, 6) is -0.582. The molecule has 0 unspecified atom stereocenters. The van der Waals surface area contributed by atoms with Crippen molar-refractivity contribution in [1.82, 2.24) is 9.55 Å². The molecule has 0 fully saturated rings. The highest BCUT2D eigenvalue weighted by Gasteiger charge is 2.10. The van der Waals surface area contributed by atoms with E-state index >= 15 is 0 Å². The fourth-order valence-electron chi connectivity index (χ4n) is 1.45. The Morgan fingerprint density at radius 1 is 1.38 bits per heavy atom. The van der Waals surface area contributed by atoms with Crippen molar-refractivity contribution in [2.24, 2.45) is 0 Å². The first kappa shape index (κ1) is 10.5. The molecular formula is C12H11FN2O. The normalized spacial score (nSPS) is 10.4. The number of nitrogens with zero attached hydrogens (tertiary/aromatic N) is 2. The van der Waals surface area contributed by atoms with Gasteiger partial charge in [0, 0.05) is 5.56 Å². The predicted molar refractivity (Wildman–Crippen MR) is 57.7 cm³/mol. The standard InChI is InChI=1S/C12H11FN2O/c1-9-12(13)14-8-15(9)7-11(16)10-5-3-2-4-6-10/h2-6,8H,7H2,1H3. The summed E-state index contributed by atoms with van der Waals surface area (Å²) in [7, 11) is 0. The van der Waals surface area contributed by atoms with Crippen LogP contribution in [0.15, 0.2) is 36.7 Å². The van der Waals surface area contributed by atoms with Gasteiger partial charge in [-0.1, -0.05) is 30.3 Å². The monoisotopic (exact) mass is 218 g/mol. The van der Waals surface area contributed by atoms with Crippen LogP contribution in [0, 0.1) is 12.9 Å². The minimum atomic E-state index is -0.527. The topological polar surface area (TPSA) is 34.9 Å². The average molecular weight is 218 g/mol. The fraction of sp³-hybridized carbons (Fsp3) is 0.167. The van der Waals surface area contributed by atoms with E-state index in [1.807, 2.05) is 6.07 Å². The summed E-state index contributed by atoms with van der Waals surface area (Å²) in [4.78, 5) is 15.3. The zero-order chi connectivity index (χ0) is 11.5. The summed E-state index contributed by atoms with van der Waals surface area (Å²) in [6.45, 7) is 1.72. The van der Waals surface area contributed by atoms with Gasteiger partial charge in [-0.15, -0.1) is 0 Å². The smallest absolute Gasteiger partial charge is 0.233 e. The molecule has 0 aliphatic rings. The number of Topliss-reactive ketones (excluding diaryl/α,β-unsaturated/α-hetero) is 1. The van der Waals surface area contributed by atoms with Crippen molar-refractivity contribution in [3.05, 3.63) is 53.9 Å². The summed E-state index contributed by atoms with van der Waals surface area (Å²) in [5, 5.41) is 0. The van der Waals surface area contributed by atoms with Gasteiger partial charge in [-0.2, -0.15) is 4.39 Å². The first-order valence-corrected chi connectivity index (χ1v) is 4.94. The van der Waals surface area contributed by atoms with Gasteiger partial charge in [0.2, 0.25) is 5.95 Å². The molecule has 1 aromatic carbocycles. The molecular weight excluding hydrogens is 207 g/mol. The maximum absolute atomic E-state index is 12.9. The van der Waals surface area contributed by atoms with Crippen LogP contribution in [-0.2, 0) is 6.54 Å². The Morgan fingerprint density at radius 2 is 2.06 bits per heavy atom. The molecule has 0 aliphatic heterocycles. The molecule has 0 amide bonds. The van der Waals surface area contributed by atoms with E-state index in [-0.39, 0.29) is 12.3 Å². The molecule has 0 aliphatic carbocycles. The molecule has 0 N–H and O–H groups in total. The number of ketones is 1. The quantitative estimate of drug-likeness (QED) is 0.740. The molecule has 0 saturated heterocycles. The highest BCUT2D eigenvalue weighted by Crippen LogP contribution is 2.07. The molecule has 82 valence electrons. The molecule has 4 heteroatoms. The van der Waals surface area contributed by atoms with Crippen LogP contribution in [0.25, 0.3) is 0 Å². The maximum Gasteiger partial charge on any atom is 0.233 e. The van der Waals surface area contributed by atoms with Crippen molar-refractivity contribution in [2.45, 2.75) is 13.5 Å². The van der Waals surface area contributed by atoms with Crippen LogP contribution in [0.4, 0.5) is 4.39 Å². The Kier molecular flexibility index (Phi) is 2.81. The van der Waals surface area contributed by atoms with Crippen molar-refractivity contribution in [1.29, 1.82) is 0 Å². The van der Waals surface area contributed by atoms with Crippen LogP contribution in [0.3, 0.4) is 0 Å². The van der Waals surface area contributed by atoms with Gasteiger partial charge in [0.1, 0.15) is 0 Å². The number of rotatable bonds is 3. The molecule has 0 atom stereocenters. The van der Waals surface area contributed by atoms with Crippen molar-refractivity contribution >= 4 is 5.78 Å². The van der Waals surface area contributed by atoms with Crippen LogP contribution >= 0.6 is 0 Å². The number of imidazole rings is 1. The van der Waals surface area contributed by atoms with E-state index in [1.165, 1.54) is 10.9 Å². The van der Waals surface area contributed by atoms with E-state index < -0.39 is 5.95 Å². The molecule has 0 spiro atoms. The predicted octanol–water partition coefficient (Wildman–Crippen LogP) is 2.21. The number of halogens is 1. The molecule has 1 aromatic heterocycles. The van der Waals surface area contributed by atoms with Gasteiger partial charge in [-0.25, -0.2) is 4.98 Å². The zero-order valence-electron chi connectivity index (χ0n) is 8.85. The Labute approximate surface area is 92.5 Å². The van der Waals surface area contributed by atoms with E-state index in [2.05, 4.69) is 4.98 Å². The number of benzene rings is 1. The molecule has 2 rings (SSSR count). The molecule has 2 aromatic rings. The van der Waals surface area contributed by atoms with E-state index in [0.717, 1.165) is 0 Å². The third kappa shape index (κ3) is 2.00. The molecule has 0 saturated carbocycles.